The van der Waals surface area contributed by atoms with Gasteiger partial charge in [-0.2, -0.15) is 0 Å². The molecule has 0 atom stereocenters. The van der Waals surface area contributed by atoms with Crippen molar-refractivity contribution in [3.63, 3.8) is 0 Å². The minimum Gasteiger partial charge on any atom is -0.485 e. The molecule has 2 aliphatic rings. The zero-order chi connectivity index (χ0) is 11.0. The molecule has 0 bridgehead atoms. The third-order valence-electron chi connectivity index (χ3n) is 3.24. The second-order valence-corrected chi connectivity index (χ2v) is 4.41. The maximum atomic E-state index is 13.0. The van der Waals surface area contributed by atoms with Gasteiger partial charge in [-0.3, -0.25) is 0 Å². The number of hydrogen-bond acceptors (Lipinski definition) is 3. The van der Waals surface area contributed by atoms with Gasteiger partial charge in [-0.05, 0) is 25.2 Å². The van der Waals surface area contributed by atoms with Crippen LogP contribution in [0, 0.1) is 5.82 Å². The Kier molecular flexibility index (Phi) is 2.24. The van der Waals surface area contributed by atoms with E-state index in [-0.39, 0.29) is 11.4 Å². The van der Waals surface area contributed by atoms with Crippen LogP contribution in [0.1, 0.15) is 12.8 Å². The summed E-state index contributed by atoms with van der Waals surface area (Å²) in [6, 6.07) is 4.43. The minimum absolute atomic E-state index is 0.212. The molecule has 1 fully saturated rings. The number of benzene rings is 1. The highest BCUT2D eigenvalue weighted by Crippen LogP contribution is 2.38. The number of nitrogens with one attached hydrogen (secondary N) is 1. The Labute approximate surface area is 93.6 Å². The van der Waals surface area contributed by atoms with Gasteiger partial charge in [-0.1, -0.05) is 0 Å². The number of rotatable bonds is 0. The molecule has 86 valence electrons. The van der Waals surface area contributed by atoms with Crippen LogP contribution in [-0.2, 0) is 0 Å². The maximum absolute atomic E-state index is 13.0. The average molecular weight is 223 g/mol. The second-order valence-electron chi connectivity index (χ2n) is 4.41. The van der Waals surface area contributed by atoms with Crippen LogP contribution in [0.15, 0.2) is 18.2 Å². The summed E-state index contributed by atoms with van der Waals surface area (Å²) in [6.07, 6.45) is 1.87. The molecule has 2 heterocycles. The summed E-state index contributed by atoms with van der Waals surface area (Å²) in [4.78, 5) is 0. The van der Waals surface area contributed by atoms with Gasteiger partial charge in [0.15, 0.2) is 11.5 Å². The van der Waals surface area contributed by atoms with Crippen LogP contribution in [0.25, 0.3) is 0 Å². The normalized spacial score (nSPS) is 22.1. The fourth-order valence-corrected chi connectivity index (χ4v) is 2.28. The highest BCUT2D eigenvalue weighted by Gasteiger charge is 2.39. The van der Waals surface area contributed by atoms with Gasteiger partial charge < -0.3 is 14.8 Å². The number of halogens is 1. The molecule has 1 aromatic carbocycles. The van der Waals surface area contributed by atoms with Crippen molar-refractivity contribution < 1.29 is 13.9 Å². The number of hydrogen-bond donors (Lipinski definition) is 1. The standard InChI is InChI=1S/C12H14FNO2/c13-9-1-2-10-11(7-9)15-8-12(16-10)3-5-14-6-4-12/h1-2,7,14H,3-6,8H2. The molecule has 0 radical (unpaired) electrons. The third kappa shape index (κ3) is 1.63. The Hall–Kier alpha value is -1.29. The number of piperidine rings is 1. The van der Waals surface area contributed by atoms with E-state index < -0.39 is 0 Å². The molecule has 3 rings (SSSR count). The van der Waals surface area contributed by atoms with Crippen molar-refractivity contribution in [3.05, 3.63) is 24.0 Å². The molecule has 4 heteroatoms. The van der Waals surface area contributed by atoms with Crippen molar-refractivity contribution in [1.82, 2.24) is 5.32 Å². The Balaban J connectivity index is 1.88. The van der Waals surface area contributed by atoms with E-state index in [1.54, 1.807) is 6.07 Å². The summed E-state index contributed by atoms with van der Waals surface area (Å²) in [7, 11) is 0. The van der Waals surface area contributed by atoms with Crippen LogP contribution in [-0.4, -0.2) is 25.3 Å². The SMILES string of the molecule is Fc1ccc2c(c1)OCC1(CCNCC1)O2. The second kappa shape index (κ2) is 3.63. The molecule has 1 spiro atoms. The molecule has 0 amide bonds. The molecule has 1 saturated heterocycles. The Bertz CT molecular complexity index is 402. The lowest BCUT2D eigenvalue weighted by Crippen LogP contribution is -2.52. The van der Waals surface area contributed by atoms with Crippen molar-refractivity contribution in [1.29, 1.82) is 0 Å². The summed E-state index contributed by atoms with van der Waals surface area (Å²) in [5.41, 5.74) is -0.212. The van der Waals surface area contributed by atoms with Gasteiger partial charge in [0.1, 0.15) is 18.0 Å². The van der Waals surface area contributed by atoms with Gasteiger partial charge in [0.05, 0.1) is 0 Å². The van der Waals surface area contributed by atoms with Crippen LogP contribution in [0.3, 0.4) is 0 Å². The van der Waals surface area contributed by atoms with Crippen molar-refractivity contribution in [2.24, 2.45) is 0 Å². The lowest BCUT2D eigenvalue weighted by atomic mass is 9.92. The van der Waals surface area contributed by atoms with Crippen LogP contribution in [0.4, 0.5) is 4.39 Å². The monoisotopic (exact) mass is 223 g/mol. The fourth-order valence-electron chi connectivity index (χ4n) is 2.28. The van der Waals surface area contributed by atoms with Gasteiger partial charge in [0.25, 0.3) is 0 Å². The summed E-state index contributed by atoms with van der Waals surface area (Å²) < 4.78 is 24.6. The minimum atomic E-state index is -0.288. The number of fused-ring (bicyclic) bond motifs is 1. The molecule has 3 nitrogen and oxygen atoms in total. The summed E-state index contributed by atoms with van der Waals surface area (Å²) in [5.74, 6) is 0.891. The summed E-state index contributed by atoms with van der Waals surface area (Å²) >= 11 is 0. The molecule has 16 heavy (non-hydrogen) atoms. The molecule has 0 unspecified atom stereocenters. The molecular weight excluding hydrogens is 209 g/mol. The van der Waals surface area contributed by atoms with Gasteiger partial charge in [-0.25, -0.2) is 4.39 Å². The van der Waals surface area contributed by atoms with Crippen molar-refractivity contribution in [3.8, 4) is 11.5 Å². The predicted octanol–water partition coefficient (Wildman–Crippen LogP) is 1.72. The van der Waals surface area contributed by atoms with Crippen LogP contribution in [0.2, 0.25) is 0 Å². The molecule has 0 aliphatic carbocycles. The zero-order valence-corrected chi connectivity index (χ0v) is 8.96. The quantitative estimate of drug-likeness (QED) is 0.726. The van der Waals surface area contributed by atoms with Gasteiger partial charge in [0, 0.05) is 18.9 Å². The lowest BCUT2D eigenvalue weighted by Gasteiger charge is -2.41. The first-order valence-corrected chi connectivity index (χ1v) is 5.60. The van der Waals surface area contributed by atoms with E-state index in [1.165, 1.54) is 12.1 Å². The molecule has 0 saturated carbocycles. The average Bonchev–Trinajstić information content (AvgIpc) is 2.31. The van der Waals surface area contributed by atoms with Crippen molar-refractivity contribution >= 4 is 0 Å². The van der Waals surface area contributed by atoms with Gasteiger partial charge in [-0.15, -0.1) is 0 Å². The van der Waals surface area contributed by atoms with E-state index in [4.69, 9.17) is 9.47 Å². The van der Waals surface area contributed by atoms with E-state index in [1.807, 2.05) is 0 Å². The Morgan fingerprint density at radius 1 is 1.19 bits per heavy atom. The first-order valence-electron chi connectivity index (χ1n) is 5.60. The van der Waals surface area contributed by atoms with Crippen molar-refractivity contribution in [2.75, 3.05) is 19.7 Å². The zero-order valence-electron chi connectivity index (χ0n) is 8.96. The van der Waals surface area contributed by atoms with Gasteiger partial charge in [0.2, 0.25) is 0 Å². The van der Waals surface area contributed by atoms with E-state index in [0.717, 1.165) is 25.9 Å². The first kappa shape index (κ1) is 9.90. The lowest BCUT2D eigenvalue weighted by molar-refractivity contribution is -0.0304. The topological polar surface area (TPSA) is 30.5 Å². The predicted molar refractivity (Wildman–Crippen MR) is 57.4 cm³/mol. The molecule has 2 aliphatic heterocycles. The molecule has 1 N–H and O–H groups in total. The smallest absolute Gasteiger partial charge is 0.164 e. The van der Waals surface area contributed by atoms with Gasteiger partial charge >= 0.3 is 0 Å². The Morgan fingerprint density at radius 3 is 2.81 bits per heavy atom. The van der Waals surface area contributed by atoms with E-state index in [9.17, 15) is 4.39 Å². The first-order chi connectivity index (χ1) is 7.77. The van der Waals surface area contributed by atoms with Crippen molar-refractivity contribution in [2.45, 2.75) is 18.4 Å². The highest BCUT2D eigenvalue weighted by molar-refractivity contribution is 5.42. The largest absolute Gasteiger partial charge is 0.485 e. The molecular formula is C12H14FNO2. The Morgan fingerprint density at radius 2 is 2.00 bits per heavy atom. The van der Waals surface area contributed by atoms with E-state index >= 15 is 0 Å². The number of ether oxygens (including phenoxy) is 2. The third-order valence-corrected chi connectivity index (χ3v) is 3.24. The molecule has 0 aromatic heterocycles. The maximum Gasteiger partial charge on any atom is 0.164 e. The van der Waals surface area contributed by atoms with Crippen LogP contribution >= 0.6 is 0 Å². The van der Waals surface area contributed by atoms with E-state index in [0.29, 0.717) is 18.1 Å². The summed E-state index contributed by atoms with van der Waals surface area (Å²) in [6.45, 7) is 2.41. The van der Waals surface area contributed by atoms with Crippen LogP contribution < -0.4 is 14.8 Å². The van der Waals surface area contributed by atoms with Crippen LogP contribution in [0.5, 0.6) is 11.5 Å². The summed E-state index contributed by atoms with van der Waals surface area (Å²) in [5, 5.41) is 3.29. The fraction of sp³-hybridized carbons (Fsp3) is 0.500. The van der Waals surface area contributed by atoms with E-state index in [2.05, 4.69) is 5.32 Å². The highest BCUT2D eigenvalue weighted by atomic mass is 19.1. The molecule has 1 aromatic rings.